The van der Waals surface area contributed by atoms with Gasteiger partial charge in [0.25, 0.3) is 5.91 Å². The van der Waals surface area contributed by atoms with Crippen LogP contribution in [0.25, 0.3) is 0 Å². The summed E-state index contributed by atoms with van der Waals surface area (Å²) < 4.78 is 5.77. The van der Waals surface area contributed by atoms with Crippen LogP contribution < -0.4 is 10.1 Å². The molecule has 3 aromatic carbocycles. The Morgan fingerprint density at radius 1 is 0.852 bits per heavy atom. The van der Waals surface area contributed by atoms with E-state index in [1.807, 2.05) is 38.1 Å². The van der Waals surface area contributed by atoms with Crippen molar-refractivity contribution < 1.29 is 14.6 Å². The number of amides is 1. The van der Waals surface area contributed by atoms with E-state index >= 15 is 0 Å². The molecule has 0 atom stereocenters. The van der Waals surface area contributed by atoms with Gasteiger partial charge < -0.3 is 15.2 Å². The van der Waals surface area contributed by atoms with Crippen molar-refractivity contribution >= 4 is 11.6 Å². The van der Waals surface area contributed by atoms with Crippen LogP contribution in [0.5, 0.6) is 5.75 Å². The highest BCUT2D eigenvalue weighted by Crippen LogP contribution is 2.33. The molecule has 0 aliphatic carbocycles. The van der Waals surface area contributed by atoms with Gasteiger partial charge >= 0.3 is 0 Å². The number of anilines is 1. The van der Waals surface area contributed by atoms with Crippen LogP contribution >= 0.6 is 0 Å². The van der Waals surface area contributed by atoms with Crippen LogP contribution in [-0.2, 0) is 10.4 Å². The normalized spacial score (nSPS) is 11.3. The molecule has 4 nitrogen and oxygen atoms in total. The molecule has 3 rings (SSSR count). The minimum atomic E-state index is -1.83. The fourth-order valence-electron chi connectivity index (χ4n) is 2.93. The van der Waals surface area contributed by atoms with Gasteiger partial charge in [0.15, 0.2) is 5.60 Å². The van der Waals surface area contributed by atoms with Gasteiger partial charge in [0.2, 0.25) is 0 Å². The maximum atomic E-state index is 13.3. The summed E-state index contributed by atoms with van der Waals surface area (Å²) in [6, 6.07) is 25.0. The van der Waals surface area contributed by atoms with Gasteiger partial charge in [-0.2, -0.15) is 0 Å². The quantitative estimate of drug-likeness (QED) is 0.686. The second-order valence-electron chi connectivity index (χ2n) is 6.56. The smallest absolute Gasteiger partial charge is 0.265 e. The van der Waals surface area contributed by atoms with E-state index in [1.165, 1.54) is 0 Å². The summed E-state index contributed by atoms with van der Waals surface area (Å²) in [7, 11) is 0. The molecule has 0 saturated carbocycles. The average molecular weight is 361 g/mol. The molecule has 0 fully saturated rings. The largest absolute Gasteiger partial charge is 0.489 e. The summed E-state index contributed by atoms with van der Waals surface area (Å²) in [4.78, 5) is 13.3. The third-order valence-electron chi connectivity index (χ3n) is 4.21. The highest BCUT2D eigenvalue weighted by Gasteiger charge is 2.40. The molecule has 3 aromatic rings. The Morgan fingerprint density at radius 3 is 1.85 bits per heavy atom. The van der Waals surface area contributed by atoms with Crippen molar-refractivity contribution in [3.8, 4) is 5.75 Å². The van der Waals surface area contributed by atoms with Crippen molar-refractivity contribution in [2.45, 2.75) is 25.6 Å². The van der Waals surface area contributed by atoms with Crippen LogP contribution in [0, 0.1) is 0 Å². The lowest BCUT2D eigenvalue weighted by atomic mass is 9.85. The van der Waals surface area contributed by atoms with Gasteiger partial charge in [-0.1, -0.05) is 72.8 Å². The van der Waals surface area contributed by atoms with Crippen molar-refractivity contribution in [3.05, 3.63) is 96.1 Å². The SMILES string of the molecule is CC(C)Oc1ccccc1NC(=O)C(O)(c1ccccc1)c1ccccc1. The lowest BCUT2D eigenvalue weighted by Crippen LogP contribution is -2.41. The van der Waals surface area contributed by atoms with Gasteiger partial charge in [-0.05, 0) is 37.1 Å². The van der Waals surface area contributed by atoms with E-state index in [4.69, 9.17) is 4.74 Å². The summed E-state index contributed by atoms with van der Waals surface area (Å²) in [5.74, 6) is 0.0176. The molecular formula is C23H23NO3. The lowest BCUT2D eigenvalue weighted by Gasteiger charge is -2.28. The number of carbonyl (C=O) groups is 1. The Bertz CT molecular complexity index is 852. The summed E-state index contributed by atoms with van der Waals surface area (Å²) in [5, 5.41) is 14.3. The van der Waals surface area contributed by atoms with Crippen LogP contribution in [-0.4, -0.2) is 17.1 Å². The average Bonchev–Trinajstić information content (AvgIpc) is 2.69. The van der Waals surface area contributed by atoms with Crippen molar-refractivity contribution in [2.75, 3.05) is 5.32 Å². The zero-order valence-electron chi connectivity index (χ0n) is 15.4. The van der Waals surface area contributed by atoms with Crippen LogP contribution in [0.1, 0.15) is 25.0 Å². The van der Waals surface area contributed by atoms with Gasteiger partial charge in [0.1, 0.15) is 5.75 Å². The van der Waals surface area contributed by atoms with E-state index in [1.54, 1.807) is 60.7 Å². The maximum Gasteiger partial charge on any atom is 0.265 e. The molecule has 2 N–H and O–H groups in total. The number of para-hydroxylation sites is 2. The van der Waals surface area contributed by atoms with Crippen LogP contribution in [0.15, 0.2) is 84.9 Å². The Labute approximate surface area is 159 Å². The van der Waals surface area contributed by atoms with Crippen LogP contribution in [0.2, 0.25) is 0 Å². The first-order valence-electron chi connectivity index (χ1n) is 8.92. The number of rotatable bonds is 6. The summed E-state index contributed by atoms with van der Waals surface area (Å²) >= 11 is 0. The second kappa shape index (κ2) is 8.06. The molecule has 4 heteroatoms. The molecule has 0 aliphatic rings. The number of carbonyl (C=O) groups excluding carboxylic acids is 1. The first-order valence-corrected chi connectivity index (χ1v) is 8.92. The molecule has 0 unspecified atom stereocenters. The lowest BCUT2D eigenvalue weighted by molar-refractivity contribution is -0.131. The highest BCUT2D eigenvalue weighted by molar-refractivity contribution is 6.01. The minimum Gasteiger partial charge on any atom is -0.489 e. The minimum absolute atomic E-state index is 0.0369. The van der Waals surface area contributed by atoms with Gasteiger partial charge in [-0.3, -0.25) is 4.79 Å². The van der Waals surface area contributed by atoms with Crippen molar-refractivity contribution in [1.29, 1.82) is 0 Å². The molecule has 0 aromatic heterocycles. The monoisotopic (exact) mass is 361 g/mol. The van der Waals surface area contributed by atoms with Crippen LogP contribution in [0.3, 0.4) is 0 Å². The molecule has 1 amide bonds. The Kier molecular flexibility index (Phi) is 5.57. The predicted octanol–water partition coefficient (Wildman–Crippen LogP) is 4.35. The zero-order chi connectivity index (χ0) is 19.3. The molecule has 0 radical (unpaired) electrons. The molecule has 0 heterocycles. The number of hydrogen-bond donors (Lipinski definition) is 2. The number of hydrogen-bond acceptors (Lipinski definition) is 3. The Hall–Kier alpha value is -3.11. The molecule has 0 saturated heterocycles. The summed E-state index contributed by atoms with van der Waals surface area (Å²) in [5.41, 5.74) is -0.318. The number of benzene rings is 3. The molecule has 0 aliphatic heterocycles. The standard InChI is InChI=1S/C23H23NO3/c1-17(2)27-21-16-10-9-15-20(21)24-22(25)23(26,18-11-5-3-6-12-18)19-13-7-4-8-14-19/h3-17,26H,1-2H3,(H,24,25). The fourth-order valence-corrected chi connectivity index (χ4v) is 2.93. The van der Waals surface area contributed by atoms with Gasteiger partial charge in [-0.15, -0.1) is 0 Å². The Morgan fingerprint density at radius 2 is 1.33 bits per heavy atom. The van der Waals surface area contributed by atoms with Gasteiger partial charge in [0.05, 0.1) is 11.8 Å². The number of aliphatic hydroxyl groups is 1. The zero-order valence-corrected chi connectivity index (χ0v) is 15.4. The Balaban J connectivity index is 2.01. The summed E-state index contributed by atoms with van der Waals surface area (Å²) in [6.45, 7) is 3.84. The predicted molar refractivity (Wildman–Crippen MR) is 107 cm³/mol. The first-order chi connectivity index (χ1) is 13.0. The fraction of sp³-hybridized carbons (Fsp3) is 0.174. The number of nitrogens with one attached hydrogen (secondary N) is 1. The van der Waals surface area contributed by atoms with E-state index in [9.17, 15) is 9.90 Å². The molecular weight excluding hydrogens is 338 g/mol. The third kappa shape index (κ3) is 4.01. The third-order valence-corrected chi connectivity index (χ3v) is 4.21. The van der Waals surface area contributed by atoms with E-state index < -0.39 is 11.5 Å². The second-order valence-corrected chi connectivity index (χ2v) is 6.56. The van der Waals surface area contributed by atoms with Crippen molar-refractivity contribution in [2.24, 2.45) is 0 Å². The first kappa shape index (κ1) is 18.7. The van der Waals surface area contributed by atoms with Gasteiger partial charge in [0, 0.05) is 0 Å². The molecule has 138 valence electrons. The molecule has 27 heavy (non-hydrogen) atoms. The van der Waals surface area contributed by atoms with Gasteiger partial charge in [-0.25, -0.2) is 0 Å². The topological polar surface area (TPSA) is 58.6 Å². The van der Waals surface area contributed by atoms with Crippen molar-refractivity contribution in [1.82, 2.24) is 0 Å². The summed E-state index contributed by atoms with van der Waals surface area (Å²) in [6.07, 6.45) is -0.0369. The van der Waals surface area contributed by atoms with E-state index in [0.717, 1.165) is 0 Å². The highest BCUT2D eigenvalue weighted by atomic mass is 16.5. The molecule has 0 bridgehead atoms. The van der Waals surface area contributed by atoms with E-state index in [0.29, 0.717) is 22.6 Å². The van der Waals surface area contributed by atoms with E-state index in [-0.39, 0.29) is 6.10 Å². The number of ether oxygens (including phenoxy) is 1. The van der Waals surface area contributed by atoms with Crippen LogP contribution in [0.4, 0.5) is 5.69 Å². The maximum absolute atomic E-state index is 13.3. The van der Waals surface area contributed by atoms with Crippen molar-refractivity contribution in [3.63, 3.8) is 0 Å². The molecule has 0 spiro atoms. The van der Waals surface area contributed by atoms with E-state index in [2.05, 4.69) is 5.32 Å².